The van der Waals surface area contributed by atoms with E-state index in [0.717, 1.165) is 10.9 Å². The quantitative estimate of drug-likeness (QED) is 0.828. The van der Waals surface area contributed by atoms with Crippen molar-refractivity contribution in [2.75, 3.05) is 5.32 Å². The van der Waals surface area contributed by atoms with Gasteiger partial charge in [-0.2, -0.15) is 0 Å². The summed E-state index contributed by atoms with van der Waals surface area (Å²) in [6.07, 6.45) is 1.72. The number of pyridine rings is 1. The van der Waals surface area contributed by atoms with Gasteiger partial charge in [0.05, 0.1) is 5.52 Å². The standard InChI is InChI=1S/C13H14N2O2/c1-13(2,17)12(16)15-10-5-6-11-9(8-10)4-3-7-14-11/h3-8,17H,1-2H3,(H,15,16). The molecular weight excluding hydrogens is 216 g/mol. The van der Waals surface area contributed by atoms with E-state index in [1.54, 1.807) is 12.3 Å². The van der Waals surface area contributed by atoms with E-state index in [0.29, 0.717) is 5.69 Å². The van der Waals surface area contributed by atoms with Crippen LogP contribution < -0.4 is 5.32 Å². The number of hydrogen-bond acceptors (Lipinski definition) is 3. The zero-order chi connectivity index (χ0) is 12.5. The fourth-order valence-corrected chi connectivity index (χ4v) is 1.44. The molecule has 0 unspecified atom stereocenters. The summed E-state index contributed by atoms with van der Waals surface area (Å²) >= 11 is 0. The average molecular weight is 230 g/mol. The zero-order valence-corrected chi connectivity index (χ0v) is 9.77. The number of nitrogens with zero attached hydrogens (tertiary/aromatic N) is 1. The van der Waals surface area contributed by atoms with Crippen LogP contribution >= 0.6 is 0 Å². The van der Waals surface area contributed by atoms with E-state index in [9.17, 15) is 9.90 Å². The lowest BCUT2D eigenvalue weighted by Crippen LogP contribution is -2.36. The average Bonchev–Trinajstić information content (AvgIpc) is 2.27. The summed E-state index contributed by atoms with van der Waals surface area (Å²) < 4.78 is 0. The number of carbonyl (C=O) groups is 1. The number of carbonyl (C=O) groups excluding carboxylic acids is 1. The Labute approximate surface area is 99.3 Å². The Kier molecular flexibility index (Phi) is 2.81. The fraction of sp³-hybridized carbons (Fsp3) is 0.231. The highest BCUT2D eigenvalue weighted by molar-refractivity contribution is 5.98. The number of fused-ring (bicyclic) bond motifs is 1. The van der Waals surface area contributed by atoms with Gasteiger partial charge in [0.1, 0.15) is 5.60 Å². The molecule has 4 heteroatoms. The molecule has 0 aliphatic heterocycles. The van der Waals surface area contributed by atoms with Crippen molar-refractivity contribution in [3.05, 3.63) is 36.5 Å². The molecule has 2 rings (SSSR count). The Morgan fingerprint density at radius 1 is 1.35 bits per heavy atom. The predicted molar refractivity (Wildman–Crippen MR) is 66.7 cm³/mol. The third-order valence-corrected chi connectivity index (χ3v) is 2.42. The van der Waals surface area contributed by atoms with Crippen molar-refractivity contribution in [2.24, 2.45) is 0 Å². The van der Waals surface area contributed by atoms with Crippen molar-refractivity contribution in [3.63, 3.8) is 0 Å². The van der Waals surface area contributed by atoms with Crippen molar-refractivity contribution in [1.82, 2.24) is 4.98 Å². The molecule has 1 heterocycles. The van der Waals surface area contributed by atoms with Gasteiger partial charge in [0.25, 0.3) is 5.91 Å². The first-order valence-corrected chi connectivity index (χ1v) is 5.35. The van der Waals surface area contributed by atoms with Gasteiger partial charge in [-0.25, -0.2) is 0 Å². The molecule has 0 saturated heterocycles. The first-order valence-electron chi connectivity index (χ1n) is 5.35. The smallest absolute Gasteiger partial charge is 0.255 e. The predicted octanol–water partition coefficient (Wildman–Crippen LogP) is 1.94. The Bertz CT molecular complexity index is 559. The molecule has 0 atom stereocenters. The van der Waals surface area contributed by atoms with Gasteiger partial charge in [0.15, 0.2) is 0 Å². The van der Waals surface area contributed by atoms with Crippen molar-refractivity contribution >= 4 is 22.5 Å². The van der Waals surface area contributed by atoms with E-state index >= 15 is 0 Å². The summed E-state index contributed by atoms with van der Waals surface area (Å²) in [4.78, 5) is 15.8. The highest BCUT2D eigenvalue weighted by Gasteiger charge is 2.23. The summed E-state index contributed by atoms with van der Waals surface area (Å²) in [5.41, 5.74) is 0.135. The minimum atomic E-state index is -1.39. The molecule has 2 N–H and O–H groups in total. The summed E-state index contributed by atoms with van der Waals surface area (Å²) in [6, 6.07) is 9.17. The van der Waals surface area contributed by atoms with Crippen molar-refractivity contribution in [2.45, 2.75) is 19.4 Å². The molecule has 0 saturated carbocycles. The van der Waals surface area contributed by atoms with Crippen LogP contribution in [0.25, 0.3) is 10.9 Å². The highest BCUT2D eigenvalue weighted by Crippen LogP contribution is 2.18. The van der Waals surface area contributed by atoms with E-state index in [1.807, 2.05) is 24.3 Å². The number of rotatable bonds is 2. The Morgan fingerprint density at radius 2 is 2.12 bits per heavy atom. The molecule has 0 spiro atoms. The minimum Gasteiger partial charge on any atom is -0.381 e. The van der Waals surface area contributed by atoms with E-state index < -0.39 is 11.5 Å². The van der Waals surface area contributed by atoms with Crippen molar-refractivity contribution in [1.29, 1.82) is 0 Å². The van der Waals surface area contributed by atoms with Gasteiger partial charge in [-0.15, -0.1) is 0 Å². The number of hydrogen-bond donors (Lipinski definition) is 2. The van der Waals surface area contributed by atoms with Crippen molar-refractivity contribution in [3.8, 4) is 0 Å². The Balaban J connectivity index is 2.29. The zero-order valence-electron chi connectivity index (χ0n) is 9.77. The molecule has 0 aliphatic rings. The number of aromatic nitrogens is 1. The maximum Gasteiger partial charge on any atom is 0.255 e. The molecular formula is C13H14N2O2. The number of anilines is 1. The number of nitrogens with one attached hydrogen (secondary N) is 1. The van der Waals surface area contributed by atoms with Gasteiger partial charge < -0.3 is 10.4 Å². The van der Waals surface area contributed by atoms with Crippen LogP contribution in [0.2, 0.25) is 0 Å². The van der Waals surface area contributed by atoms with Crippen LogP contribution in [0, 0.1) is 0 Å². The summed E-state index contributed by atoms with van der Waals surface area (Å²) in [6.45, 7) is 2.90. The second-order valence-electron chi connectivity index (χ2n) is 4.42. The molecule has 2 aromatic rings. The fourth-order valence-electron chi connectivity index (χ4n) is 1.44. The Hall–Kier alpha value is -1.94. The number of aliphatic hydroxyl groups is 1. The molecule has 0 bridgehead atoms. The molecule has 0 radical (unpaired) electrons. The van der Waals surface area contributed by atoms with Gasteiger partial charge >= 0.3 is 0 Å². The summed E-state index contributed by atoms with van der Waals surface area (Å²) in [5, 5.41) is 13.1. The Morgan fingerprint density at radius 3 is 2.82 bits per heavy atom. The van der Waals surface area contributed by atoms with Gasteiger partial charge in [0.2, 0.25) is 0 Å². The third kappa shape index (κ3) is 2.60. The van der Waals surface area contributed by atoms with E-state index in [4.69, 9.17) is 0 Å². The highest BCUT2D eigenvalue weighted by atomic mass is 16.3. The van der Waals surface area contributed by atoms with Crippen LogP contribution in [0.3, 0.4) is 0 Å². The van der Waals surface area contributed by atoms with Crippen molar-refractivity contribution < 1.29 is 9.90 Å². The second-order valence-corrected chi connectivity index (χ2v) is 4.42. The number of benzene rings is 1. The van der Waals surface area contributed by atoms with Gasteiger partial charge in [-0.05, 0) is 38.1 Å². The largest absolute Gasteiger partial charge is 0.381 e. The monoisotopic (exact) mass is 230 g/mol. The van der Waals surface area contributed by atoms with E-state index in [2.05, 4.69) is 10.3 Å². The lowest BCUT2D eigenvalue weighted by atomic mass is 10.1. The topological polar surface area (TPSA) is 62.2 Å². The van der Waals surface area contributed by atoms with Crippen LogP contribution in [0.4, 0.5) is 5.69 Å². The van der Waals surface area contributed by atoms with Gasteiger partial charge in [0, 0.05) is 17.3 Å². The van der Waals surface area contributed by atoms with Gasteiger partial charge in [-0.3, -0.25) is 9.78 Å². The third-order valence-electron chi connectivity index (χ3n) is 2.42. The van der Waals surface area contributed by atoms with Crippen LogP contribution in [-0.2, 0) is 4.79 Å². The van der Waals surface area contributed by atoms with Crippen LogP contribution in [-0.4, -0.2) is 21.6 Å². The van der Waals surface area contributed by atoms with Crippen LogP contribution in [0.5, 0.6) is 0 Å². The lowest BCUT2D eigenvalue weighted by Gasteiger charge is -2.16. The molecule has 88 valence electrons. The summed E-state index contributed by atoms with van der Waals surface area (Å²) in [7, 11) is 0. The molecule has 1 amide bonds. The molecule has 1 aromatic carbocycles. The lowest BCUT2D eigenvalue weighted by molar-refractivity contribution is -0.130. The molecule has 1 aromatic heterocycles. The van der Waals surface area contributed by atoms with Gasteiger partial charge in [-0.1, -0.05) is 6.07 Å². The summed E-state index contributed by atoms with van der Waals surface area (Å²) in [5.74, 6) is -0.430. The molecule has 0 fully saturated rings. The van der Waals surface area contributed by atoms with Crippen LogP contribution in [0.1, 0.15) is 13.8 Å². The first-order chi connectivity index (χ1) is 7.97. The van der Waals surface area contributed by atoms with E-state index in [-0.39, 0.29) is 0 Å². The van der Waals surface area contributed by atoms with Crippen LogP contribution in [0.15, 0.2) is 36.5 Å². The molecule has 4 nitrogen and oxygen atoms in total. The normalized spacial score (nSPS) is 11.5. The maximum absolute atomic E-state index is 11.6. The second kappa shape index (κ2) is 4.14. The maximum atomic E-state index is 11.6. The minimum absolute atomic E-state index is 0.430. The number of amides is 1. The molecule has 0 aliphatic carbocycles. The first kappa shape index (κ1) is 11.5. The SMILES string of the molecule is CC(C)(O)C(=O)Nc1ccc2ncccc2c1. The van der Waals surface area contributed by atoms with E-state index in [1.165, 1.54) is 13.8 Å². The molecule has 17 heavy (non-hydrogen) atoms.